The molecule has 0 saturated carbocycles. The molecule has 0 fully saturated rings. The molecule has 26 heavy (non-hydrogen) atoms. The number of nitrogens with zero attached hydrogens (tertiary/aromatic N) is 5. The fourth-order valence-electron chi connectivity index (χ4n) is 2.28. The molecule has 9 heteroatoms. The molecule has 0 amide bonds. The number of hydrogen-bond donors (Lipinski definition) is 1. The molecule has 2 aromatic rings. The summed E-state index contributed by atoms with van der Waals surface area (Å²) in [7, 11) is 3.72. The number of likely N-dealkylation sites (N-methyl/N-ethyl adjacent to an activating group) is 1. The Hall–Kier alpha value is -1.91. The lowest BCUT2D eigenvalue weighted by Gasteiger charge is -2.22. The Morgan fingerprint density at radius 2 is 1.92 bits per heavy atom. The van der Waals surface area contributed by atoms with Crippen molar-refractivity contribution in [3.63, 3.8) is 0 Å². The van der Waals surface area contributed by atoms with Crippen molar-refractivity contribution in [1.82, 2.24) is 25.0 Å². The summed E-state index contributed by atoms with van der Waals surface area (Å²) in [5.74, 6) is 1.22. The Bertz CT molecular complexity index is 635. The van der Waals surface area contributed by atoms with Crippen molar-refractivity contribution in [2.45, 2.75) is 19.4 Å². The molecule has 7 nitrogen and oxygen atoms in total. The van der Waals surface area contributed by atoms with E-state index in [1.54, 1.807) is 31.8 Å². The second-order valence-electron chi connectivity index (χ2n) is 5.60. The van der Waals surface area contributed by atoms with Gasteiger partial charge in [0.2, 0.25) is 0 Å². The van der Waals surface area contributed by atoms with E-state index in [0.717, 1.165) is 31.9 Å². The van der Waals surface area contributed by atoms with Crippen molar-refractivity contribution in [2.75, 3.05) is 33.8 Å². The van der Waals surface area contributed by atoms with Crippen LogP contribution in [0.25, 0.3) is 0 Å². The number of benzene rings is 1. The zero-order valence-corrected chi connectivity index (χ0v) is 17.5. The topological polar surface area (TPSA) is 67.6 Å². The van der Waals surface area contributed by atoms with E-state index < -0.39 is 0 Å². The highest BCUT2D eigenvalue weighted by molar-refractivity contribution is 14.0. The minimum absolute atomic E-state index is 0. The van der Waals surface area contributed by atoms with E-state index in [2.05, 4.69) is 20.5 Å². The largest absolute Gasteiger partial charge is 0.492 e. The maximum absolute atomic E-state index is 12.8. The highest BCUT2D eigenvalue weighted by Crippen LogP contribution is 2.10. The number of aliphatic imine (C=N–C) groups is 1. The van der Waals surface area contributed by atoms with Crippen molar-refractivity contribution in [3.8, 4) is 5.75 Å². The number of rotatable bonds is 9. The average Bonchev–Trinajstić information content (AvgIpc) is 3.13. The summed E-state index contributed by atoms with van der Waals surface area (Å²) < 4.78 is 20.4. The Morgan fingerprint density at radius 1 is 1.23 bits per heavy atom. The molecule has 0 bridgehead atoms. The molecule has 0 aliphatic carbocycles. The molecule has 144 valence electrons. The summed E-state index contributed by atoms with van der Waals surface area (Å²) in [5, 5.41) is 10.9. The van der Waals surface area contributed by atoms with E-state index >= 15 is 0 Å². The van der Waals surface area contributed by atoms with E-state index in [9.17, 15) is 4.39 Å². The second-order valence-corrected chi connectivity index (χ2v) is 5.60. The van der Waals surface area contributed by atoms with E-state index in [1.807, 2.05) is 16.5 Å². The summed E-state index contributed by atoms with van der Waals surface area (Å²) in [6, 6.07) is 6.02. The first-order valence-electron chi connectivity index (χ1n) is 8.31. The third-order valence-corrected chi connectivity index (χ3v) is 3.68. The van der Waals surface area contributed by atoms with Gasteiger partial charge in [0.1, 0.15) is 30.8 Å². The third kappa shape index (κ3) is 7.98. The maximum atomic E-state index is 12.8. The Morgan fingerprint density at radius 3 is 2.58 bits per heavy atom. The van der Waals surface area contributed by atoms with Crippen molar-refractivity contribution in [3.05, 3.63) is 42.7 Å². The van der Waals surface area contributed by atoms with Gasteiger partial charge in [-0.05, 0) is 37.1 Å². The summed E-state index contributed by atoms with van der Waals surface area (Å²) in [6.45, 7) is 2.93. The molecule has 0 aliphatic heterocycles. The normalized spacial score (nSPS) is 11.0. The predicted molar refractivity (Wildman–Crippen MR) is 111 cm³/mol. The number of aryl methyl sites for hydroxylation is 1. The van der Waals surface area contributed by atoms with Gasteiger partial charge >= 0.3 is 0 Å². The fourth-order valence-corrected chi connectivity index (χ4v) is 2.28. The predicted octanol–water partition coefficient (Wildman–Crippen LogP) is 2.40. The van der Waals surface area contributed by atoms with Gasteiger partial charge in [-0.2, -0.15) is 0 Å². The van der Waals surface area contributed by atoms with Crippen LogP contribution in [0.2, 0.25) is 0 Å². The quantitative estimate of drug-likeness (QED) is 0.261. The Labute approximate surface area is 170 Å². The van der Waals surface area contributed by atoms with Crippen LogP contribution in [0.3, 0.4) is 0 Å². The van der Waals surface area contributed by atoms with Gasteiger partial charge in [-0.1, -0.05) is 0 Å². The molecule has 2 rings (SSSR count). The molecule has 1 aromatic carbocycles. The first kappa shape index (κ1) is 22.1. The molecule has 0 radical (unpaired) electrons. The van der Waals surface area contributed by atoms with Crippen LogP contribution in [0.4, 0.5) is 4.39 Å². The minimum atomic E-state index is -0.265. The van der Waals surface area contributed by atoms with Crippen LogP contribution < -0.4 is 10.1 Å². The van der Waals surface area contributed by atoms with E-state index in [1.165, 1.54) is 12.1 Å². The number of aromatic nitrogens is 3. The zero-order chi connectivity index (χ0) is 17.9. The lowest BCUT2D eigenvalue weighted by Crippen LogP contribution is -2.41. The van der Waals surface area contributed by atoms with Crippen LogP contribution >= 0.6 is 24.0 Å². The number of unbranched alkanes of at least 4 members (excludes halogenated alkanes) is 1. The number of halogens is 2. The first-order valence-corrected chi connectivity index (χ1v) is 8.31. The van der Waals surface area contributed by atoms with Crippen molar-refractivity contribution < 1.29 is 9.13 Å². The minimum Gasteiger partial charge on any atom is -0.492 e. The maximum Gasteiger partial charge on any atom is 0.193 e. The van der Waals surface area contributed by atoms with Crippen LogP contribution in [-0.4, -0.2) is 59.4 Å². The third-order valence-electron chi connectivity index (χ3n) is 3.68. The monoisotopic (exact) mass is 476 g/mol. The molecule has 1 N–H and O–H groups in total. The number of hydrogen-bond acceptors (Lipinski definition) is 4. The summed E-state index contributed by atoms with van der Waals surface area (Å²) in [6.07, 6.45) is 5.51. The number of ether oxygens (including phenoxy) is 1. The zero-order valence-electron chi connectivity index (χ0n) is 15.1. The Kier molecular flexibility index (Phi) is 10.6. The lowest BCUT2D eigenvalue weighted by atomic mass is 10.3. The van der Waals surface area contributed by atoms with Gasteiger partial charge in [0.05, 0.1) is 6.54 Å². The highest BCUT2D eigenvalue weighted by Gasteiger charge is 2.05. The van der Waals surface area contributed by atoms with Gasteiger partial charge < -0.3 is 19.5 Å². The average molecular weight is 476 g/mol. The molecular weight excluding hydrogens is 450 g/mol. The van der Waals surface area contributed by atoms with Crippen LogP contribution in [-0.2, 0) is 6.54 Å². The molecule has 0 saturated heterocycles. The van der Waals surface area contributed by atoms with Crippen molar-refractivity contribution >= 4 is 29.9 Å². The smallest absolute Gasteiger partial charge is 0.193 e. The molecule has 0 aliphatic rings. The van der Waals surface area contributed by atoms with Gasteiger partial charge in [-0.25, -0.2) is 4.39 Å². The number of guanidine groups is 1. The van der Waals surface area contributed by atoms with Crippen molar-refractivity contribution in [2.24, 2.45) is 4.99 Å². The van der Waals surface area contributed by atoms with Gasteiger partial charge in [-0.3, -0.25) is 4.99 Å². The second kappa shape index (κ2) is 12.4. The van der Waals surface area contributed by atoms with Crippen LogP contribution in [0, 0.1) is 5.82 Å². The van der Waals surface area contributed by atoms with E-state index in [4.69, 9.17) is 4.74 Å². The first-order chi connectivity index (χ1) is 12.2. The number of nitrogens with one attached hydrogen (secondary N) is 1. The molecular formula is C17H26FIN6O. The highest BCUT2D eigenvalue weighted by atomic mass is 127. The molecule has 0 unspecified atom stereocenters. The van der Waals surface area contributed by atoms with Crippen LogP contribution in [0.15, 0.2) is 41.9 Å². The lowest BCUT2D eigenvalue weighted by molar-refractivity contribution is 0.281. The van der Waals surface area contributed by atoms with Crippen molar-refractivity contribution in [1.29, 1.82) is 0 Å². The van der Waals surface area contributed by atoms with Gasteiger partial charge in [-0.15, -0.1) is 34.2 Å². The molecule has 0 spiro atoms. The molecule has 0 atom stereocenters. The van der Waals surface area contributed by atoms with Gasteiger partial charge in [0.15, 0.2) is 5.96 Å². The van der Waals surface area contributed by atoms with E-state index in [-0.39, 0.29) is 29.8 Å². The Balaban J connectivity index is 0.00000338. The summed E-state index contributed by atoms with van der Waals surface area (Å²) in [4.78, 5) is 6.28. The summed E-state index contributed by atoms with van der Waals surface area (Å²) in [5.41, 5.74) is 0. The summed E-state index contributed by atoms with van der Waals surface area (Å²) >= 11 is 0. The van der Waals surface area contributed by atoms with E-state index in [0.29, 0.717) is 18.9 Å². The molecule has 1 heterocycles. The van der Waals surface area contributed by atoms with Gasteiger partial charge in [0, 0.05) is 27.2 Å². The van der Waals surface area contributed by atoms with Crippen LogP contribution in [0.1, 0.15) is 12.8 Å². The SMILES string of the molecule is CN=C(NCCCCn1cnnc1)N(C)CCOc1ccc(F)cc1.I. The fraction of sp³-hybridized carbons (Fsp3) is 0.471. The van der Waals surface area contributed by atoms with Crippen LogP contribution in [0.5, 0.6) is 5.75 Å². The van der Waals surface area contributed by atoms with Gasteiger partial charge in [0.25, 0.3) is 0 Å². The standard InChI is InChI=1S/C17H25FN6O.HI/c1-19-17(20-9-3-4-10-24-13-21-22-14-24)23(2)11-12-25-16-7-5-15(18)6-8-16;/h5-8,13-14H,3-4,9-12H2,1-2H3,(H,19,20);1H. The molecule has 1 aromatic heterocycles.